The number of methoxy groups -OCH3 is 1. The van der Waals surface area contributed by atoms with Crippen molar-refractivity contribution in [2.75, 3.05) is 13.7 Å². The summed E-state index contributed by atoms with van der Waals surface area (Å²) in [6, 6.07) is 8.49. The Hall–Kier alpha value is -1.35. The average Bonchev–Trinajstić information content (AvgIpc) is 2.30. The van der Waals surface area contributed by atoms with E-state index in [9.17, 15) is 4.79 Å². The van der Waals surface area contributed by atoms with Crippen molar-refractivity contribution in [3.63, 3.8) is 0 Å². The minimum atomic E-state index is -0.0378. The number of hydrogen-bond acceptors (Lipinski definition) is 2. The van der Waals surface area contributed by atoms with Crippen molar-refractivity contribution in [3.8, 4) is 0 Å². The largest absolute Gasteiger partial charge is 0.375 e. The molecule has 86 valence electrons. The van der Waals surface area contributed by atoms with Crippen LogP contribution in [0.2, 0.25) is 0 Å². The Kier molecular flexibility index (Phi) is 3.57. The molecule has 0 fully saturated rings. The lowest BCUT2D eigenvalue weighted by molar-refractivity contribution is -0.125. The van der Waals surface area contributed by atoms with Gasteiger partial charge in [-0.25, -0.2) is 0 Å². The number of nitrogens with one attached hydrogen (secondary N) is 1. The van der Waals surface area contributed by atoms with Crippen molar-refractivity contribution in [1.29, 1.82) is 0 Å². The molecule has 3 nitrogen and oxygen atoms in total. The first-order valence-corrected chi connectivity index (χ1v) is 5.67. The average molecular weight is 219 g/mol. The van der Waals surface area contributed by atoms with Crippen LogP contribution in [-0.4, -0.2) is 19.6 Å². The molecular formula is C13H17NO2. The molecule has 0 spiro atoms. The zero-order valence-electron chi connectivity index (χ0n) is 9.53. The number of hydrogen-bond donors (Lipinski definition) is 1. The van der Waals surface area contributed by atoms with Crippen LogP contribution in [0.5, 0.6) is 0 Å². The highest BCUT2D eigenvalue weighted by molar-refractivity contribution is 5.77. The lowest BCUT2D eigenvalue weighted by atomic mass is 9.88. The van der Waals surface area contributed by atoms with Gasteiger partial charge in [-0.15, -0.1) is 0 Å². The lowest BCUT2D eigenvalue weighted by Crippen LogP contribution is -2.33. The second kappa shape index (κ2) is 5.12. The normalized spacial score (nSPS) is 18.9. The van der Waals surface area contributed by atoms with Crippen LogP contribution in [0.4, 0.5) is 0 Å². The van der Waals surface area contributed by atoms with Crippen LogP contribution < -0.4 is 5.32 Å². The first-order valence-electron chi connectivity index (χ1n) is 5.67. The van der Waals surface area contributed by atoms with E-state index in [0.717, 1.165) is 19.3 Å². The minimum absolute atomic E-state index is 0.0378. The zero-order chi connectivity index (χ0) is 11.4. The molecule has 0 radical (unpaired) electrons. The van der Waals surface area contributed by atoms with Crippen LogP contribution in [0.15, 0.2) is 24.3 Å². The second-order valence-electron chi connectivity index (χ2n) is 4.14. The number of ether oxygens (including phenoxy) is 1. The van der Waals surface area contributed by atoms with Crippen LogP contribution in [0, 0.1) is 0 Å². The summed E-state index contributed by atoms with van der Waals surface area (Å²) in [5.74, 6) is -0.0378. The molecule has 0 saturated heterocycles. The first-order chi connectivity index (χ1) is 7.81. The number of amides is 1. The molecule has 1 aliphatic carbocycles. The molecule has 0 aliphatic heterocycles. The molecule has 1 aromatic rings. The number of carbonyl (C=O) groups excluding carboxylic acids is 1. The van der Waals surface area contributed by atoms with E-state index in [1.54, 1.807) is 0 Å². The summed E-state index contributed by atoms with van der Waals surface area (Å²) in [5.41, 5.74) is 2.62. The quantitative estimate of drug-likeness (QED) is 0.842. The van der Waals surface area contributed by atoms with E-state index >= 15 is 0 Å². The van der Waals surface area contributed by atoms with Crippen LogP contribution in [0.25, 0.3) is 0 Å². The fraction of sp³-hybridized carbons (Fsp3) is 0.462. The molecule has 1 unspecified atom stereocenters. The van der Waals surface area contributed by atoms with E-state index in [4.69, 9.17) is 4.74 Å². The molecule has 2 rings (SSSR count). The van der Waals surface area contributed by atoms with E-state index in [1.807, 2.05) is 6.07 Å². The van der Waals surface area contributed by atoms with E-state index in [1.165, 1.54) is 18.2 Å². The Labute approximate surface area is 95.8 Å². The summed E-state index contributed by atoms with van der Waals surface area (Å²) < 4.78 is 4.82. The molecule has 0 heterocycles. The Morgan fingerprint density at radius 1 is 1.50 bits per heavy atom. The maximum Gasteiger partial charge on any atom is 0.246 e. The van der Waals surface area contributed by atoms with Gasteiger partial charge in [-0.1, -0.05) is 24.3 Å². The van der Waals surface area contributed by atoms with Crippen LogP contribution >= 0.6 is 0 Å². The van der Waals surface area contributed by atoms with Crippen LogP contribution in [-0.2, 0) is 16.0 Å². The summed E-state index contributed by atoms with van der Waals surface area (Å²) in [7, 11) is 1.54. The highest BCUT2D eigenvalue weighted by Crippen LogP contribution is 2.29. The number of carbonyl (C=O) groups is 1. The molecule has 3 heteroatoms. The number of aryl methyl sites for hydroxylation is 1. The smallest absolute Gasteiger partial charge is 0.246 e. The Morgan fingerprint density at radius 3 is 3.12 bits per heavy atom. The molecular weight excluding hydrogens is 202 g/mol. The van der Waals surface area contributed by atoms with E-state index in [-0.39, 0.29) is 18.6 Å². The predicted molar refractivity (Wildman–Crippen MR) is 62.1 cm³/mol. The Balaban J connectivity index is 2.10. The fourth-order valence-electron chi connectivity index (χ4n) is 2.27. The third-order valence-electron chi connectivity index (χ3n) is 2.98. The monoisotopic (exact) mass is 219 g/mol. The van der Waals surface area contributed by atoms with Gasteiger partial charge < -0.3 is 10.1 Å². The molecule has 1 N–H and O–H groups in total. The molecule has 0 aromatic heterocycles. The van der Waals surface area contributed by atoms with E-state index < -0.39 is 0 Å². The topological polar surface area (TPSA) is 38.3 Å². The van der Waals surface area contributed by atoms with Crippen LogP contribution in [0.3, 0.4) is 0 Å². The van der Waals surface area contributed by atoms with Gasteiger partial charge in [0.1, 0.15) is 6.61 Å². The van der Waals surface area contributed by atoms with Crippen molar-refractivity contribution < 1.29 is 9.53 Å². The van der Waals surface area contributed by atoms with Crippen molar-refractivity contribution in [3.05, 3.63) is 35.4 Å². The highest BCUT2D eigenvalue weighted by atomic mass is 16.5. The third kappa shape index (κ3) is 2.42. The van der Waals surface area contributed by atoms with E-state index in [0.29, 0.717) is 0 Å². The van der Waals surface area contributed by atoms with Gasteiger partial charge >= 0.3 is 0 Å². The predicted octanol–water partition coefficient (Wildman–Crippen LogP) is 1.83. The number of rotatable bonds is 3. The number of benzene rings is 1. The second-order valence-corrected chi connectivity index (χ2v) is 4.14. The van der Waals surface area contributed by atoms with Gasteiger partial charge in [-0.3, -0.25) is 4.79 Å². The van der Waals surface area contributed by atoms with Gasteiger partial charge in [0.15, 0.2) is 0 Å². The van der Waals surface area contributed by atoms with Crippen molar-refractivity contribution in [1.82, 2.24) is 5.32 Å². The third-order valence-corrected chi connectivity index (χ3v) is 2.98. The van der Waals surface area contributed by atoms with Gasteiger partial charge in [0.25, 0.3) is 0 Å². The maximum atomic E-state index is 11.5. The Morgan fingerprint density at radius 2 is 2.31 bits per heavy atom. The summed E-state index contributed by atoms with van der Waals surface area (Å²) in [6.07, 6.45) is 3.27. The summed E-state index contributed by atoms with van der Waals surface area (Å²) in [5, 5.41) is 3.01. The highest BCUT2D eigenvalue weighted by Gasteiger charge is 2.20. The molecule has 1 amide bonds. The fourth-order valence-corrected chi connectivity index (χ4v) is 2.27. The Bertz CT molecular complexity index is 376. The van der Waals surface area contributed by atoms with Gasteiger partial charge in [0.05, 0.1) is 6.04 Å². The molecule has 1 aromatic carbocycles. The van der Waals surface area contributed by atoms with Crippen molar-refractivity contribution in [2.45, 2.75) is 25.3 Å². The molecule has 1 aliphatic rings. The lowest BCUT2D eigenvalue weighted by Gasteiger charge is -2.26. The summed E-state index contributed by atoms with van der Waals surface area (Å²) in [6.45, 7) is 0.138. The van der Waals surface area contributed by atoms with Gasteiger partial charge in [0.2, 0.25) is 5.91 Å². The first kappa shape index (κ1) is 11.1. The summed E-state index contributed by atoms with van der Waals surface area (Å²) in [4.78, 5) is 11.5. The molecule has 0 saturated carbocycles. The summed E-state index contributed by atoms with van der Waals surface area (Å²) >= 11 is 0. The van der Waals surface area contributed by atoms with Gasteiger partial charge in [-0.05, 0) is 30.4 Å². The molecule has 1 atom stereocenters. The molecule has 0 bridgehead atoms. The molecule has 16 heavy (non-hydrogen) atoms. The standard InChI is InChI=1S/C13H17NO2/c1-16-9-13(15)14-12-8-4-6-10-5-2-3-7-11(10)12/h2-3,5,7,12H,4,6,8-9H2,1H3,(H,14,15). The van der Waals surface area contributed by atoms with Crippen molar-refractivity contribution >= 4 is 5.91 Å². The SMILES string of the molecule is COCC(=O)NC1CCCc2ccccc21. The number of fused-ring (bicyclic) bond motifs is 1. The van der Waals surface area contributed by atoms with E-state index in [2.05, 4.69) is 23.5 Å². The maximum absolute atomic E-state index is 11.5. The zero-order valence-corrected chi connectivity index (χ0v) is 9.53. The van der Waals surface area contributed by atoms with Crippen molar-refractivity contribution in [2.24, 2.45) is 0 Å². The van der Waals surface area contributed by atoms with Crippen LogP contribution in [0.1, 0.15) is 30.0 Å². The minimum Gasteiger partial charge on any atom is -0.375 e. The van der Waals surface area contributed by atoms with Gasteiger partial charge in [0, 0.05) is 7.11 Å². The van der Waals surface area contributed by atoms with Gasteiger partial charge in [-0.2, -0.15) is 0 Å².